The second-order valence-corrected chi connectivity index (χ2v) is 2.33. The number of alkyl halides is 2. The van der Waals surface area contributed by atoms with Crippen molar-refractivity contribution < 1.29 is 8.78 Å². The fourth-order valence-electron chi connectivity index (χ4n) is 0.962. The van der Waals surface area contributed by atoms with Crippen LogP contribution in [0.4, 0.5) is 8.78 Å². The number of aromatic nitrogens is 3. The first-order chi connectivity index (χ1) is 5.77. The molecule has 0 spiro atoms. The number of pyridine rings is 1. The maximum Gasteiger partial charge on any atom is 0.265 e. The molecular formula is C7H5F2N3. The van der Waals surface area contributed by atoms with Crippen LogP contribution in [0.2, 0.25) is 0 Å². The Hall–Kier alpha value is -1.52. The molecule has 0 amide bonds. The minimum absolute atomic E-state index is 0.0481. The molecule has 0 N–H and O–H groups in total. The fraction of sp³-hybridized carbons (Fsp3) is 0.143. The Morgan fingerprint density at radius 1 is 1.33 bits per heavy atom. The van der Waals surface area contributed by atoms with Gasteiger partial charge in [0.1, 0.15) is 6.33 Å². The van der Waals surface area contributed by atoms with Gasteiger partial charge < -0.3 is 0 Å². The van der Waals surface area contributed by atoms with Crippen molar-refractivity contribution in [1.29, 1.82) is 0 Å². The molecule has 0 bridgehead atoms. The third-order valence-corrected chi connectivity index (χ3v) is 1.55. The predicted molar refractivity (Wildman–Crippen MR) is 37.9 cm³/mol. The van der Waals surface area contributed by atoms with Gasteiger partial charge in [0.05, 0.1) is 0 Å². The Morgan fingerprint density at radius 3 is 2.92 bits per heavy atom. The van der Waals surface area contributed by atoms with Gasteiger partial charge >= 0.3 is 0 Å². The van der Waals surface area contributed by atoms with Gasteiger partial charge in [-0.3, -0.25) is 0 Å². The molecule has 0 saturated carbocycles. The second-order valence-electron chi connectivity index (χ2n) is 2.33. The lowest BCUT2D eigenvalue weighted by atomic mass is 10.3. The van der Waals surface area contributed by atoms with E-state index in [4.69, 9.17) is 0 Å². The molecule has 0 radical (unpaired) electrons. The number of rotatable bonds is 1. The number of fused-ring (bicyclic) bond motifs is 1. The van der Waals surface area contributed by atoms with E-state index in [-0.39, 0.29) is 5.56 Å². The molecule has 2 heterocycles. The van der Waals surface area contributed by atoms with E-state index in [0.29, 0.717) is 5.65 Å². The first kappa shape index (κ1) is 7.15. The van der Waals surface area contributed by atoms with Crippen molar-refractivity contribution in [1.82, 2.24) is 14.6 Å². The van der Waals surface area contributed by atoms with Crippen molar-refractivity contribution in [3.8, 4) is 0 Å². The summed E-state index contributed by atoms with van der Waals surface area (Å²) in [7, 11) is 0. The Bertz CT molecular complexity index is 396. The summed E-state index contributed by atoms with van der Waals surface area (Å²) in [6.07, 6.45) is 0.135. The molecular weight excluding hydrogens is 164 g/mol. The normalized spacial score (nSPS) is 11.2. The van der Waals surface area contributed by atoms with Gasteiger partial charge in [-0.05, 0) is 12.1 Å². The maximum atomic E-state index is 12.1. The van der Waals surface area contributed by atoms with Crippen molar-refractivity contribution in [3.63, 3.8) is 0 Å². The van der Waals surface area contributed by atoms with Crippen LogP contribution in [0.3, 0.4) is 0 Å². The largest absolute Gasteiger partial charge is 0.265 e. The molecule has 2 aromatic rings. The van der Waals surface area contributed by atoms with Crippen molar-refractivity contribution >= 4 is 5.65 Å². The summed E-state index contributed by atoms with van der Waals surface area (Å²) in [6, 6.07) is 2.85. The van der Waals surface area contributed by atoms with Crippen LogP contribution < -0.4 is 0 Å². The Kier molecular flexibility index (Phi) is 1.49. The number of hydrogen-bond acceptors (Lipinski definition) is 2. The summed E-state index contributed by atoms with van der Waals surface area (Å²) < 4.78 is 25.6. The standard InChI is InChI=1S/C7H5F2N3/c8-7(9)5-1-2-6-10-4-11-12(6)3-5/h1-4,7H. The molecule has 5 heteroatoms. The monoisotopic (exact) mass is 169 g/mol. The van der Waals surface area contributed by atoms with Gasteiger partial charge in [-0.2, -0.15) is 5.10 Å². The lowest BCUT2D eigenvalue weighted by molar-refractivity contribution is 0.150. The molecule has 0 fully saturated rings. The first-order valence-corrected chi connectivity index (χ1v) is 3.35. The lowest BCUT2D eigenvalue weighted by Crippen LogP contribution is -1.91. The van der Waals surface area contributed by atoms with Gasteiger partial charge in [-0.1, -0.05) is 0 Å². The summed E-state index contributed by atoms with van der Waals surface area (Å²) in [5, 5.41) is 3.73. The van der Waals surface area contributed by atoms with Crippen LogP contribution in [0.25, 0.3) is 5.65 Å². The minimum Gasteiger partial charge on any atom is -0.221 e. The highest BCUT2D eigenvalue weighted by molar-refractivity contribution is 5.37. The van der Waals surface area contributed by atoms with E-state index < -0.39 is 6.43 Å². The highest BCUT2D eigenvalue weighted by Gasteiger charge is 2.07. The molecule has 12 heavy (non-hydrogen) atoms. The third-order valence-electron chi connectivity index (χ3n) is 1.55. The number of hydrogen-bond donors (Lipinski definition) is 0. The molecule has 0 aliphatic heterocycles. The van der Waals surface area contributed by atoms with E-state index in [1.807, 2.05) is 0 Å². The summed E-state index contributed by atoms with van der Waals surface area (Å²) >= 11 is 0. The lowest BCUT2D eigenvalue weighted by Gasteiger charge is -1.98. The highest BCUT2D eigenvalue weighted by Crippen LogP contribution is 2.17. The van der Waals surface area contributed by atoms with Gasteiger partial charge in [0.25, 0.3) is 6.43 Å². The second kappa shape index (κ2) is 2.51. The minimum atomic E-state index is -2.46. The van der Waals surface area contributed by atoms with E-state index in [0.717, 1.165) is 0 Å². The first-order valence-electron chi connectivity index (χ1n) is 3.35. The summed E-state index contributed by atoms with van der Waals surface area (Å²) in [5.41, 5.74) is 0.521. The SMILES string of the molecule is FC(F)c1ccc2ncnn2c1. The van der Waals surface area contributed by atoms with Crippen molar-refractivity contribution in [2.24, 2.45) is 0 Å². The zero-order valence-corrected chi connectivity index (χ0v) is 5.98. The average Bonchev–Trinajstić information content (AvgIpc) is 2.49. The van der Waals surface area contributed by atoms with Gasteiger partial charge in [-0.15, -0.1) is 0 Å². The van der Waals surface area contributed by atoms with Crippen molar-refractivity contribution in [2.75, 3.05) is 0 Å². The molecule has 62 valence electrons. The van der Waals surface area contributed by atoms with Gasteiger partial charge in [0.15, 0.2) is 5.65 Å². The van der Waals surface area contributed by atoms with Crippen LogP contribution in [0, 0.1) is 0 Å². The topological polar surface area (TPSA) is 30.2 Å². The van der Waals surface area contributed by atoms with Crippen molar-refractivity contribution in [3.05, 3.63) is 30.2 Å². The quantitative estimate of drug-likeness (QED) is 0.649. The number of halogens is 2. The number of nitrogens with zero attached hydrogens (tertiary/aromatic N) is 3. The zero-order chi connectivity index (χ0) is 8.55. The van der Waals surface area contributed by atoms with E-state index in [2.05, 4.69) is 10.1 Å². The fourth-order valence-corrected chi connectivity index (χ4v) is 0.962. The predicted octanol–water partition coefficient (Wildman–Crippen LogP) is 1.67. The van der Waals surface area contributed by atoms with Gasteiger partial charge in [-0.25, -0.2) is 18.3 Å². The zero-order valence-electron chi connectivity index (χ0n) is 5.98. The Labute approximate surface area is 66.7 Å². The van der Waals surface area contributed by atoms with Crippen LogP contribution >= 0.6 is 0 Å². The maximum absolute atomic E-state index is 12.1. The molecule has 0 saturated heterocycles. The summed E-state index contributed by atoms with van der Waals surface area (Å²) in [5.74, 6) is 0. The van der Waals surface area contributed by atoms with E-state index in [1.54, 1.807) is 0 Å². The molecule has 0 aliphatic rings. The van der Waals surface area contributed by atoms with Crippen LogP contribution in [0.5, 0.6) is 0 Å². The molecule has 3 nitrogen and oxygen atoms in total. The Balaban J connectivity index is 2.60. The van der Waals surface area contributed by atoms with E-state index in [1.165, 1.54) is 29.2 Å². The molecule has 0 atom stereocenters. The highest BCUT2D eigenvalue weighted by atomic mass is 19.3. The Morgan fingerprint density at radius 2 is 2.17 bits per heavy atom. The van der Waals surface area contributed by atoms with E-state index in [9.17, 15) is 8.78 Å². The average molecular weight is 169 g/mol. The molecule has 2 rings (SSSR count). The van der Waals surface area contributed by atoms with Crippen LogP contribution in [0.1, 0.15) is 12.0 Å². The summed E-state index contributed by atoms with van der Waals surface area (Å²) in [4.78, 5) is 3.83. The van der Waals surface area contributed by atoms with Crippen LogP contribution in [-0.4, -0.2) is 14.6 Å². The molecule has 0 aromatic carbocycles. The van der Waals surface area contributed by atoms with Gasteiger partial charge in [0.2, 0.25) is 0 Å². The third kappa shape index (κ3) is 1.03. The molecule has 0 unspecified atom stereocenters. The molecule has 2 aromatic heterocycles. The summed E-state index contributed by atoms with van der Waals surface area (Å²) in [6.45, 7) is 0. The van der Waals surface area contributed by atoms with E-state index >= 15 is 0 Å². The van der Waals surface area contributed by atoms with Crippen LogP contribution in [-0.2, 0) is 0 Å². The van der Waals surface area contributed by atoms with Crippen molar-refractivity contribution in [2.45, 2.75) is 6.43 Å². The molecule has 0 aliphatic carbocycles. The van der Waals surface area contributed by atoms with Crippen LogP contribution in [0.15, 0.2) is 24.7 Å². The van der Waals surface area contributed by atoms with Gasteiger partial charge in [0, 0.05) is 11.8 Å². The smallest absolute Gasteiger partial charge is 0.221 e.